The van der Waals surface area contributed by atoms with Crippen molar-refractivity contribution in [1.29, 1.82) is 0 Å². The minimum atomic E-state index is -0.862. The molecule has 0 saturated heterocycles. The van der Waals surface area contributed by atoms with Gasteiger partial charge >= 0.3 is 0 Å². The molecule has 2 aromatic carbocycles. The highest BCUT2D eigenvalue weighted by molar-refractivity contribution is 6.35. The fraction of sp³-hybridized carbons (Fsp3) is 0.235. The monoisotopic (exact) mass is 389 g/mol. The zero-order chi connectivity index (χ0) is 17.4. The summed E-state index contributed by atoms with van der Waals surface area (Å²) in [5, 5.41) is 3.23. The van der Waals surface area contributed by atoms with E-state index in [1.54, 1.807) is 12.1 Å². The van der Waals surface area contributed by atoms with Crippen molar-refractivity contribution < 1.29 is 13.6 Å². The highest BCUT2D eigenvalue weighted by atomic mass is 35.5. The average molecular weight is 391 g/mol. The third-order valence-corrected chi connectivity index (χ3v) is 5.16. The van der Waals surface area contributed by atoms with E-state index in [0.29, 0.717) is 16.5 Å². The second-order valence-electron chi connectivity index (χ2n) is 5.65. The van der Waals surface area contributed by atoms with Crippen molar-refractivity contribution >= 4 is 40.7 Å². The molecular weight excluding hydrogens is 379 g/mol. The molecule has 1 amide bonds. The Hall–Kier alpha value is -1.36. The summed E-state index contributed by atoms with van der Waals surface area (Å²) in [5.41, 5.74) is 0.382. The van der Waals surface area contributed by atoms with Crippen molar-refractivity contribution in [3.05, 3.63) is 68.2 Å². The van der Waals surface area contributed by atoms with E-state index in [9.17, 15) is 13.6 Å². The van der Waals surface area contributed by atoms with E-state index >= 15 is 0 Å². The van der Waals surface area contributed by atoms with Crippen LogP contribution in [0.3, 0.4) is 0 Å². The molecule has 1 aliphatic carbocycles. The summed E-state index contributed by atoms with van der Waals surface area (Å²) < 4.78 is 27.3. The summed E-state index contributed by atoms with van der Waals surface area (Å²) in [6, 6.07) is 6.71. The topological polar surface area (TPSA) is 29.1 Å². The molecule has 0 spiro atoms. The van der Waals surface area contributed by atoms with Crippen molar-refractivity contribution in [2.24, 2.45) is 0 Å². The largest absolute Gasteiger partial charge is 0.349 e. The molecule has 0 aliphatic heterocycles. The Morgan fingerprint density at radius 1 is 1.04 bits per heavy atom. The van der Waals surface area contributed by atoms with Crippen molar-refractivity contribution in [2.45, 2.75) is 24.8 Å². The third-order valence-electron chi connectivity index (χ3n) is 4.22. The predicted molar refractivity (Wildman–Crippen MR) is 91.1 cm³/mol. The number of halogens is 5. The Morgan fingerprint density at radius 3 is 2.38 bits per heavy atom. The van der Waals surface area contributed by atoms with E-state index in [1.807, 2.05) is 6.07 Å². The van der Waals surface area contributed by atoms with Gasteiger partial charge in [-0.3, -0.25) is 4.79 Å². The lowest BCUT2D eigenvalue weighted by molar-refractivity contribution is 0.0900. The molecule has 7 heteroatoms. The summed E-state index contributed by atoms with van der Waals surface area (Å²) in [5.74, 6) is -2.45. The van der Waals surface area contributed by atoms with Crippen molar-refractivity contribution in [2.75, 3.05) is 0 Å². The summed E-state index contributed by atoms with van der Waals surface area (Å²) in [7, 11) is 0. The third kappa shape index (κ3) is 3.23. The Balaban J connectivity index is 1.80. The van der Waals surface area contributed by atoms with Crippen LogP contribution in [-0.4, -0.2) is 11.9 Å². The molecule has 3 rings (SSSR count). The molecule has 1 N–H and O–H groups in total. The number of hydrogen-bond donors (Lipinski definition) is 1. The molecule has 0 aromatic heterocycles. The van der Waals surface area contributed by atoms with Gasteiger partial charge in [0.2, 0.25) is 0 Å². The zero-order valence-corrected chi connectivity index (χ0v) is 14.5. The van der Waals surface area contributed by atoms with Crippen molar-refractivity contribution in [3.8, 4) is 0 Å². The minimum Gasteiger partial charge on any atom is -0.349 e. The van der Waals surface area contributed by atoms with E-state index in [4.69, 9.17) is 34.8 Å². The smallest absolute Gasteiger partial charge is 0.256 e. The van der Waals surface area contributed by atoms with Gasteiger partial charge in [0.05, 0.1) is 10.6 Å². The van der Waals surface area contributed by atoms with Gasteiger partial charge in [0, 0.05) is 22.0 Å². The number of nitrogens with one attached hydrogen (secondary N) is 1. The van der Waals surface area contributed by atoms with Crippen LogP contribution >= 0.6 is 34.8 Å². The van der Waals surface area contributed by atoms with E-state index in [-0.39, 0.29) is 12.0 Å². The van der Waals surface area contributed by atoms with E-state index in [0.717, 1.165) is 24.1 Å². The van der Waals surface area contributed by atoms with Crippen molar-refractivity contribution in [3.63, 3.8) is 0 Å². The van der Waals surface area contributed by atoms with E-state index in [1.165, 1.54) is 0 Å². The molecule has 1 fully saturated rings. The Bertz CT molecular complexity index is 813. The maximum Gasteiger partial charge on any atom is 0.256 e. The predicted octanol–water partition coefficient (Wildman–Crippen LogP) is 5.60. The summed E-state index contributed by atoms with van der Waals surface area (Å²) in [6.45, 7) is 0. The highest BCUT2D eigenvalue weighted by Crippen LogP contribution is 2.41. The highest BCUT2D eigenvalue weighted by Gasteiger charge is 2.35. The van der Waals surface area contributed by atoms with Crippen LogP contribution in [0.4, 0.5) is 8.78 Å². The lowest BCUT2D eigenvalue weighted by Crippen LogP contribution is -2.45. The summed E-state index contributed by atoms with van der Waals surface area (Å²) in [6.07, 6.45) is 1.54. The molecule has 24 heavy (non-hydrogen) atoms. The Morgan fingerprint density at radius 2 is 1.75 bits per heavy atom. The Kier molecular flexibility index (Phi) is 5.00. The molecule has 0 bridgehead atoms. The maximum absolute atomic E-state index is 13.8. The summed E-state index contributed by atoms with van der Waals surface area (Å²) >= 11 is 17.8. The van der Waals surface area contributed by atoms with E-state index < -0.39 is 28.1 Å². The first-order chi connectivity index (χ1) is 11.4. The van der Waals surface area contributed by atoms with Crippen LogP contribution in [0.25, 0.3) is 0 Å². The molecule has 1 saturated carbocycles. The van der Waals surface area contributed by atoms with Gasteiger partial charge in [-0.2, -0.15) is 0 Å². The SMILES string of the molecule is O=C(N[C@H]1CC[C@H]1c1ccc(Cl)cc1Cl)c1c(F)ccc(F)c1Cl. The lowest BCUT2D eigenvalue weighted by atomic mass is 9.75. The van der Waals surface area contributed by atoms with Gasteiger partial charge < -0.3 is 5.32 Å². The minimum absolute atomic E-state index is 0.00545. The number of carbonyl (C=O) groups excluding carboxylic acids is 1. The van der Waals surface area contributed by atoms with Crippen LogP contribution in [-0.2, 0) is 0 Å². The van der Waals surface area contributed by atoms with Gasteiger partial charge in [0.1, 0.15) is 11.6 Å². The number of hydrogen-bond acceptors (Lipinski definition) is 1. The second kappa shape index (κ2) is 6.87. The van der Waals surface area contributed by atoms with Gasteiger partial charge in [-0.1, -0.05) is 40.9 Å². The van der Waals surface area contributed by atoms with E-state index in [2.05, 4.69) is 5.32 Å². The molecule has 126 valence electrons. The number of amides is 1. The normalized spacial score (nSPS) is 19.7. The molecular formula is C17H12Cl3F2NO. The van der Waals surface area contributed by atoms with Gasteiger partial charge in [-0.25, -0.2) is 8.78 Å². The second-order valence-corrected chi connectivity index (χ2v) is 6.87. The van der Waals surface area contributed by atoms with Crippen LogP contribution < -0.4 is 5.32 Å². The van der Waals surface area contributed by atoms with Crippen LogP contribution in [0, 0.1) is 11.6 Å². The fourth-order valence-corrected chi connectivity index (χ4v) is 3.61. The van der Waals surface area contributed by atoms with Crippen molar-refractivity contribution in [1.82, 2.24) is 5.32 Å². The fourth-order valence-electron chi connectivity index (χ4n) is 2.82. The van der Waals surface area contributed by atoms with Crippen LogP contribution in [0.2, 0.25) is 15.1 Å². The van der Waals surface area contributed by atoms with Gasteiger partial charge in [0.25, 0.3) is 5.91 Å². The zero-order valence-electron chi connectivity index (χ0n) is 12.3. The molecule has 0 heterocycles. The van der Waals surface area contributed by atoms with Crippen LogP contribution in [0.5, 0.6) is 0 Å². The standard InChI is InChI=1S/C17H12Cl3F2NO/c18-8-1-2-9(11(19)7-8)10-3-6-14(10)23-17(24)15-12(21)4-5-13(22)16(15)20/h1-2,4-5,7,10,14H,3,6H2,(H,23,24)/t10-,14-/m0/s1. The Labute approximate surface area is 152 Å². The first-order valence-corrected chi connectivity index (χ1v) is 8.41. The molecule has 1 aliphatic rings. The quantitative estimate of drug-likeness (QED) is 0.679. The first-order valence-electron chi connectivity index (χ1n) is 7.27. The molecule has 2 aromatic rings. The van der Waals surface area contributed by atoms with Crippen LogP contribution in [0.15, 0.2) is 30.3 Å². The number of benzene rings is 2. The molecule has 2 atom stereocenters. The van der Waals surface area contributed by atoms with Gasteiger partial charge in [-0.05, 0) is 42.7 Å². The number of carbonyl (C=O) groups is 1. The number of rotatable bonds is 3. The lowest BCUT2D eigenvalue weighted by Gasteiger charge is -2.38. The van der Waals surface area contributed by atoms with Crippen LogP contribution in [0.1, 0.15) is 34.7 Å². The van der Waals surface area contributed by atoms with Gasteiger partial charge in [0.15, 0.2) is 0 Å². The average Bonchev–Trinajstić information content (AvgIpc) is 2.50. The van der Waals surface area contributed by atoms with Gasteiger partial charge in [-0.15, -0.1) is 0 Å². The first kappa shape index (κ1) is 17.5. The molecule has 2 nitrogen and oxygen atoms in total. The molecule has 0 radical (unpaired) electrons. The maximum atomic E-state index is 13.8. The molecule has 0 unspecified atom stereocenters. The summed E-state index contributed by atoms with van der Waals surface area (Å²) in [4.78, 5) is 12.3.